The zero-order chi connectivity index (χ0) is 16.9. The van der Waals surface area contributed by atoms with Crippen molar-refractivity contribution in [3.05, 3.63) is 71.9 Å². The fraction of sp³-hybridized carbons (Fsp3) is 0.158. The molecule has 3 rings (SSSR count). The zero-order valence-corrected chi connectivity index (χ0v) is 13.3. The van der Waals surface area contributed by atoms with Gasteiger partial charge in [-0.3, -0.25) is 4.68 Å². The summed E-state index contributed by atoms with van der Waals surface area (Å²) in [5, 5.41) is 13.9. The first kappa shape index (κ1) is 15.8. The van der Waals surface area contributed by atoms with E-state index in [4.69, 9.17) is 4.74 Å². The third-order valence-corrected chi connectivity index (χ3v) is 3.59. The Morgan fingerprint density at radius 3 is 2.50 bits per heavy atom. The second-order valence-corrected chi connectivity index (χ2v) is 5.34. The quantitative estimate of drug-likeness (QED) is 0.730. The molecule has 0 aliphatic heterocycles. The average molecular weight is 322 g/mol. The van der Waals surface area contributed by atoms with Gasteiger partial charge in [-0.15, -0.1) is 0 Å². The lowest BCUT2D eigenvalue weighted by Gasteiger charge is -2.02. The maximum absolute atomic E-state index is 12.2. The minimum Gasteiger partial charge on any atom is -0.508 e. The molecule has 122 valence electrons. The fourth-order valence-electron chi connectivity index (χ4n) is 2.46. The summed E-state index contributed by atoms with van der Waals surface area (Å²) in [6, 6.07) is 16.5. The highest BCUT2D eigenvalue weighted by Gasteiger charge is 2.19. The Morgan fingerprint density at radius 2 is 1.83 bits per heavy atom. The van der Waals surface area contributed by atoms with E-state index in [1.807, 2.05) is 42.5 Å². The van der Waals surface area contributed by atoms with Gasteiger partial charge in [0.25, 0.3) is 0 Å². The van der Waals surface area contributed by atoms with E-state index in [9.17, 15) is 9.90 Å². The lowest BCUT2D eigenvalue weighted by Crippen LogP contribution is -2.05. The van der Waals surface area contributed by atoms with Gasteiger partial charge in [-0.25, -0.2) is 4.79 Å². The lowest BCUT2D eigenvalue weighted by atomic mass is 10.1. The van der Waals surface area contributed by atoms with Gasteiger partial charge in [-0.1, -0.05) is 42.5 Å². The molecule has 0 spiro atoms. The second-order valence-electron chi connectivity index (χ2n) is 5.34. The zero-order valence-electron chi connectivity index (χ0n) is 13.3. The molecule has 3 aromatic rings. The van der Waals surface area contributed by atoms with Gasteiger partial charge in [-0.05, 0) is 24.6 Å². The predicted octanol–water partition coefficient (Wildman–Crippen LogP) is 3.48. The molecule has 5 nitrogen and oxygen atoms in total. The molecule has 1 aromatic heterocycles. The van der Waals surface area contributed by atoms with Crippen molar-refractivity contribution in [3.8, 4) is 17.0 Å². The van der Waals surface area contributed by atoms with Crippen LogP contribution in [0, 0.1) is 0 Å². The number of esters is 1. The van der Waals surface area contributed by atoms with Crippen LogP contribution in [0.1, 0.15) is 22.8 Å². The van der Waals surface area contributed by atoms with Crippen LogP contribution in [0.25, 0.3) is 11.3 Å². The van der Waals surface area contributed by atoms with Crippen LogP contribution in [0.15, 0.2) is 60.8 Å². The monoisotopic (exact) mass is 322 g/mol. The average Bonchev–Trinajstić information content (AvgIpc) is 3.02. The standard InChI is InChI=1S/C19H18N2O3/c1-2-24-19(23)17-13-21(12-14-8-10-16(22)11-9-14)20-18(17)15-6-4-3-5-7-15/h3-11,13,22H,2,12H2,1H3. The largest absolute Gasteiger partial charge is 0.508 e. The van der Waals surface area contributed by atoms with E-state index in [0.717, 1.165) is 11.1 Å². The lowest BCUT2D eigenvalue weighted by molar-refractivity contribution is 0.0527. The van der Waals surface area contributed by atoms with Crippen molar-refractivity contribution in [1.82, 2.24) is 9.78 Å². The predicted molar refractivity (Wildman–Crippen MR) is 90.8 cm³/mol. The van der Waals surface area contributed by atoms with Gasteiger partial charge in [0.2, 0.25) is 0 Å². The number of benzene rings is 2. The molecule has 0 amide bonds. The molecule has 0 fully saturated rings. The molecule has 0 bridgehead atoms. The molecule has 0 saturated heterocycles. The number of nitrogens with zero attached hydrogens (tertiary/aromatic N) is 2. The molecule has 0 unspecified atom stereocenters. The van der Waals surface area contributed by atoms with E-state index in [1.54, 1.807) is 29.9 Å². The first-order valence-electron chi connectivity index (χ1n) is 7.75. The van der Waals surface area contributed by atoms with Crippen LogP contribution in [0.3, 0.4) is 0 Å². The second kappa shape index (κ2) is 7.00. The van der Waals surface area contributed by atoms with E-state index in [1.165, 1.54) is 0 Å². The van der Waals surface area contributed by atoms with E-state index in [2.05, 4.69) is 5.10 Å². The summed E-state index contributed by atoms with van der Waals surface area (Å²) in [6.45, 7) is 2.59. The number of ether oxygens (including phenoxy) is 1. The summed E-state index contributed by atoms with van der Waals surface area (Å²) in [7, 11) is 0. The SMILES string of the molecule is CCOC(=O)c1cn(Cc2ccc(O)cc2)nc1-c1ccccc1. The maximum atomic E-state index is 12.2. The third-order valence-electron chi connectivity index (χ3n) is 3.59. The molecule has 0 aliphatic rings. The van der Waals surface area contributed by atoms with Crippen LogP contribution in [0.2, 0.25) is 0 Å². The first-order chi connectivity index (χ1) is 11.7. The van der Waals surface area contributed by atoms with Crippen molar-refractivity contribution in [2.45, 2.75) is 13.5 Å². The highest BCUT2D eigenvalue weighted by atomic mass is 16.5. The summed E-state index contributed by atoms with van der Waals surface area (Å²) in [6.07, 6.45) is 1.70. The smallest absolute Gasteiger partial charge is 0.341 e. The minimum atomic E-state index is -0.381. The van der Waals surface area contributed by atoms with Crippen molar-refractivity contribution in [2.24, 2.45) is 0 Å². The first-order valence-corrected chi connectivity index (χ1v) is 7.75. The minimum absolute atomic E-state index is 0.219. The molecule has 24 heavy (non-hydrogen) atoms. The van der Waals surface area contributed by atoms with E-state index in [-0.39, 0.29) is 11.7 Å². The topological polar surface area (TPSA) is 64.3 Å². The number of hydrogen-bond donors (Lipinski definition) is 1. The Hall–Kier alpha value is -3.08. The van der Waals surface area contributed by atoms with Gasteiger partial charge in [0, 0.05) is 11.8 Å². The Bertz CT molecular complexity index is 824. The highest BCUT2D eigenvalue weighted by Crippen LogP contribution is 2.23. The van der Waals surface area contributed by atoms with Gasteiger partial charge in [0.05, 0.1) is 13.2 Å². The van der Waals surface area contributed by atoms with Crippen LogP contribution in [0.5, 0.6) is 5.75 Å². The number of rotatable bonds is 5. The van der Waals surface area contributed by atoms with Crippen LogP contribution in [0.4, 0.5) is 0 Å². The number of carbonyl (C=O) groups is 1. The Balaban J connectivity index is 1.96. The molecule has 0 atom stereocenters. The van der Waals surface area contributed by atoms with Crippen molar-refractivity contribution in [3.63, 3.8) is 0 Å². The molecule has 0 aliphatic carbocycles. The summed E-state index contributed by atoms with van der Waals surface area (Å²) < 4.78 is 6.85. The molecule has 5 heteroatoms. The van der Waals surface area contributed by atoms with Gasteiger partial charge in [0.15, 0.2) is 0 Å². The fourth-order valence-corrected chi connectivity index (χ4v) is 2.46. The maximum Gasteiger partial charge on any atom is 0.341 e. The van der Waals surface area contributed by atoms with Crippen LogP contribution >= 0.6 is 0 Å². The van der Waals surface area contributed by atoms with Crippen LogP contribution < -0.4 is 0 Å². The van der Waals surface area contributed by atoms with Gasteiger partial charge in [-0.2, -0.15) is 5.10 Å². The molecular formula is C19H18N2O3. The normalized spacial score (nSPS) is 10.5. The van der Waals surface area contributed by atoms with Crippen LogP contribution in [-0.4, -0.2) is 27.5 Å². The number of phenolic OH excluding ortho intramolecular Hbond substituents is 1. The van der Waals surface area contributed by atoms with Gasteiger partial charge < -0.3 is 9.84 Å². The number of hydrogen-bond acceptors (Lipinski definition) is 4. The molecular weight excluding hydrogens is 304 g/mol. The molecule has 1 N–H and O–H groups in total. The molecule has 1 heterocycles. The van der Waals surface area contributed by atoms with Crippen molar-refractivity contribution in [1.29, 1.82) is 0 Å². The highest BCUT2D eigenvalue weighted by molar-refractivity contribution is 5.96. The number of aromatic nitrogens is 2. The van der Waals surface area contributed by atoms with E-state index >= 15 is 0 Å². The Labute approximate surface area is 140 Å². The summed E-state index contributed by atoms with van der Waals surface area (Å²) >= 11 is 0. The van der Waals surface area contributed by atoms with Crippen molar-refractivity contribution < 1.29 is 14.6 Å². The van der Waals surface area contributed by atoms with Crippen molar-refractivity contribution in [2.75, 3.05) is 6.61 Å². The third kappa shape index (κ3) is 3.46. The van der Waals surface area contributed by atoms with E-state index < -0.39 is 0 Å². The Morgan fingerprint density at radius 1 is 1.12 bits per heavy atom. The van der Waals surface area contributed by atoms with Crippen molar-refractivity contribution >= 4 is 5.97 Å². The Kier molecular flexibility index (Phi) is 4.61. The number of aromatic hydroxyl groups is 1. The van der Waals surface area contributed by atoms with Crippen LogP contribution in [-0.2, 0) is 11.3 Å². The van der Waals surface area contributed by atoms with Gasteiger partial charge >= 0.3 is 5.97 Å². The molecule has 0 saturated carbocycles. The molecule has 0 radical (unpaired) electrons. The summed E-state index contributed by atoms with van der Waals surface area (Å²) in [4.78, 5) is 12.2. The number of carbonyl (C=O) groups excluding carboxylic acids is 1. The van der Waals surface area contributed by atoms with E-state index in [0.29, 0.717) is 24.4 Å². The molecule has 2 aromatic carbocycles. The summed E-state index contributed by atoms with van der Waals surface area (Å²) in [5.74, 6) is -0.162. The number of phenols is 1. The summed E-state index contributed by atoms with van der Waals surface area (Å²) in [5.41, 5.74) is 2.89. The van der Waals surface area contributed by atoms with Gasteiger partial charge in [0.1, 0.15) is 17.0 Å².